The van der Waals surface area contributed by atoms with E-state index in [9.17, 15) is 5.11 Å². The number of pyridine rings is 1. The van der Waals surface area contributed by atoms with Gasteiger partial charge in [0, 0.05) is 18.9 Å². The lowest BCUT2D eigenvalue weighted by molar-refractivity contribution is 0.0139. The second-order valence-electron chi connectivity index (χ2n) is 5.15. The number of likely N-dealkylation sites (tertiary alicyclic amines) is 1. The van der Waals surface area contributed by atoms with Crippen molar-refractivity contribution in [2.24, 2.45) is 5.16 Å². The number of β-amino-alcohol motifs (C(OH)–C–C–N with tert-alkyl or cyclic N) is 1. The van der Waals surface area contributed by atoms with Crippen LogP contribution in [-0.4, -0.2) is 60.3 Å². The van der Waals surface area contributed by atoms with Crippen LogP contribution in [-0.2, 0) is 9.57 Å². The summed E-state index contributed by atoms with van der Waals surface area (Å²) in [5, 5.41) is 13.9. The van der Waals surface area contributed by atoms with Crippen molar-refractivity contribution in [1.29, 1.82) is 0 Å². The van der Waals surface area contributed by atoms with Gasteiger partial charge in [-0.3, -0.25) is 4.98 Å². The fraction of sp³-hybridized carbons (Fsp3) is 0.600. The minimum atomic E-state index is -0.543. The molecule has 1 aliphatic heterocycles. The lowest BCUT2D eigenvalue weighted by Gasteiger charge is -2.27. The molecular weight excluding hydrogens is 270 g/mol. The number of oxime groups is 1. The Labute approximate surface area is 125 Å². The van der Waals surface area contributed by atoms with Crippen molar-refractivity contribution in [2.75, 3.05) is 33.4 Å². The van der Waals surface area contributed by atoms with Crippen LogP contribution < -0.4 is 0 Å². The van der Waals surface area contributed by atoms with E-state index in [4.69, 9.17) is 9.57 Å². The highest BCUT2D eigenvalue weighted by atomic mass is 16.7. The molecule has 21 heavy (non-hydrogen) atoms. The molecule has 0 aliphatic carbocycles. The number of rotatable bonds is 6. The zero-order valence-corrected chi connectivity index (χ0v) is 12.4. The molecule has 0 saturated carbocycles. The monoisotopic (exact) mass is 293 g/mol. The van der Waals surface area contributed by atoms with E-state index in [0.29, 0.717) is 12.4 Å². The molecule has 6 heteroatoms. The Bertz CT molecular complexity index is 433. The third-order valence-electron chi connectivity index (χ3n) is 3.43. The Morgan fingerprint density at radius 3 is 2.90 bits per heavy atom. The van der Waals surface area contributed by atoms with Crippen LogP contribution in [0.25, 0.3) is 0 Å². The van der Waals surface area contributed by atoms with Crippen LogP contribution in [0.15, 0.2) is 29.7 Å². The lowest BCUT2D eigenvalue weighted by Crippen LogP contribution is -2.38. The van der Waals surface area contributed by atoms with E-state index in [1.54, 1.807) is 18.5 Å². The van der Waals surface area contributed by atoms with Gasteiger partial charge < -0.3 is 19.6 Å². The first-order chi connectivity index (χ1) is 10.3. The smallest absolute Gasteiger partial charge is 0.258 e. The largest absolute Gasteiger partial charge is 0.478 e. The minimum absolute atomic E-state index is 0.156. The van der Waals surface area contributed by atoms with Gasteiger partial charge in [-0.15, -0.1) is 0 Å². The SMILES string of the molecule is CO/C(=N\OCC(O)CN1CCCCC1)c1cccnc1. The highest BCUT2D eigenvalue weighted by Crippen LogP contribution is 2.09. The summed E-state index contributed by atoms with van der Waals surface area (Å²) in [7, 11) is 1.53. The zero-order valence-electron chi connectivity index (χ0n) is 12.4. The molecule has 1 aliphatic rings. The van der Waals surface area contributed by atoms with Gasteiger partial charge in [0.1, 0.15) is 12.7 Å². The molecule has 2 rings (SSSR count). The maximum atomic E-state index is 9.97. The summed E-state index contributed by atoms with van der Waals surface area (Å²) in [6.45, 7) is 2.90. The standard InChI is InChI=1S/C15H23N3O3/c1-20-15(13-6-5-7-16-10-13)17-21-12-14(19)11-18-8-3-2-4-9-18/h5-7,10,14,19H,2-4,8-9,11-12H2,1H3/b17-15-. The first-order valence-corrected chi connectivity index (χ1v) is 7.34. The van der Waals surface area contributed by atoms with Crippen molar-refractivity contribution in [2.45, 2.75) is 25.4 Å². The van der Waals surface area contributed by atoms with Crippen LogP contribution in [0.1, 0.15) is 24.8 Å². The maximum Gasteiger partial charge on any atom is 0.258 e. The molecule has 1 N–H and O–H groups in total. The van der Waals surface area contributed by atoms with Gasteiger partial charge in [-0.2, -0.15) is 0 Å². The van der Waals surface area contributed by atoms with E-state index in [0.717, 1.165) is 18.7 Å². The molecule has 0 amide bonds. The van der Waals surface area contributed by atoms with Crippen molar-refractivity contribution in [3.8, 4) is 0 Å². The average molecular weight is 293 g/mol. The van der Waals surface area contributed by atoms with E-state index in [1.807, 2.05) is 6.07 Å². The predicted molar refractivity (Wildman–Crippen MR) is 80.0 cm³/mol. The van der Waals surface area contributed by atoms with Gasteiger partial charge in [-0.05, 0) is 43.2 Å². The van der Waals surface area contributed by atoms with Gasteiger partial charge >= 0.3 is 0 Å². The summed E-state index contributed by atoms with van der Waals surface area (Å²) >= 11 is 0. The first kappa shape index (κ1) is 15.7. The van der Waals surface area contributed by atoms with Gasteiger partial charge in [-0.25, -0.2) is 0 Å². The maximum absolute atomic E-state index is 9.97. The van der Waals surface area contributed by atoms with E-state index < -0.39 is 6.10 Å². The number of methoxy groups -OCH3 is 1. The van der Waals surface area contributed by atoms with Crippen LogP contribution >= 0.6 is 0 Å². The highest BCUT2D eigenvalue weighted by Gasteiger charge is 2.15. The van der Waals surface area contributed by atoms with E-state index in [-0.39, 0.29) is 6.61 Å². The van der Waals surface area contributed by atoms with Gasteiger partial charge in [0.15, 0.2) is 0 Å². The van der Waals surface area contributed by atoms with Gasteiger partial charge in [0.25, 0.3) is 5.90 Å². The van der Waals surface area contributed by atoms with E-state index >= 15 is 0 Å². The third-order valence-corrected chi connectivity index (χ3v) is 3.43. The molecule has 1 fully saturated rings. The molecule has 0 bridgehead atoms. The second kappa shape index (κ2) is 8.59. The predicted octanol–water partition coefficient (Wildman–Crippen LogP) is 1.25. The van der Waals surface area contributed by atoms with Crippen molar-refractivity contribution in [3.63, 3.8) is 0 Å². The number of hydrogen-bond donors (Lipinski definition) is 1. The van der Waals surface area contributed by atoms with E-state index in [2.05, 4.69) is 15.0 Å². The van der Waals surface area contributed by atoms with Gasteiger partial charge in [0.05, 0.1) is 12.7 Å². The molecule has 6 nitrogen and oxygen atoms in total. The number of piperidine rings is 1. The number of ether oxygens (including phenoxy) is 1. The zero-order chi connectivity index (χ0) is 14.9. The van der Waals surface area contributed by atoms with Gasteiger partial charge in [-0.1, -0.05) is 6.42 Å². The molecule has 2 heterocycles. The molecule has 1 aromatic rings. The average Bonchev–Trinajstić information content (AvgIpc) is 2.53. The molecule has 0 spiro atoms. The van der Waals surface area contributed by atoms with Crippen LogP contribution in [0, 0.1) is 0 Å². The van der Waals surface area contributed by atoms with E-state index in [1.165, 1.54) is 26.4 Å². The van der Waals surface area contributed by atoms with Gasteiger partial charge in [0.2, 0.25) is 0 Å². The number of aliphatic hydroxyl groups is 1. The number of nitrogens with zero attached hydrogens (tertiary/aromatic N) is 3. The summed E-state index contributed by atoms with van der Waals surface area (Å²) in [6.07, 6.45) is 6.49. The van der Waals surface area contributed by atoms with Crippen molar-refractivity contribution in [1.82, 2.24) is 9.88 Å². The molecule has 0 radical (unpaired) electrons. The van der Waals surface area contributed by atoms with Crippen LogP contribution in [0.2, 0.25) is 0 Å². The van der Waals surface area contributed by atoms with Crippen LogP contribution in [0.4, 0.5) is 0 Å². The minimum Gasteiger partial charge on any atom is -0.478 e. The molecule has 1 saturated heterocycles. The van der Waals surface area contributed by atoms with Crippen LogP contribution in [0.3, 0.4) is 0 Å². The molecule has 0 aromatic carbocycles. The number of hydrogen-bond acceptors (Lipinski definition) is 6. The highest BCUT2D eigenvalue weighted by molar-refractivity contribution is 5.93. The fourth-order valence-corrected chi connectivity index (χ4v) is 2.37. The molecule has 1 atom stereocenters. The summed E-state index contributed by atoms with van der Waals surface area (Å²) in [4.78, 5) is 11.5. The Morgan fingerprint density at radius 1 is 1.43 bits per heavy atom. The number of aliphatic hydroxyl groups excluding tert-OH is 1. The lowest BCUT2D eigenvalue weighted by atomic mass is 10.1. The number of aromatic nitrogens is 1. The van der Waals surface area contributed by atoms with Crippen molar-refractivity contribution < 1.29 is 14.7 Å². The Kier molecular flexibility index (Phi) is 6.43. The second-order valence-corrected chi connectivity index (χ2v) is 5.15. The third kappa shape index (κ3) is 5.32. The molecule has 116 valence electrons. The topological polar surface area (TPSA) is 67.2 Å². The Morgan fingerprint density at radius 2 is 2.24 bits per heavy atom. The molecular formula is C15H23N3O3. The molecule has 1 unspecified atom stereocenters. The summed E-state index contributed by atoms with van der Waals surface area (Å²) in [5.41, 5.74) is 0.741. The first-order valence-electron chi connectivity index (χ1n) is 7.34. The summed E-state index contributed by atoms with van der Waals surface area (Å²) in [5.74, 6) is 0.355. The Hall–Kier alpha value is -1.66. The van der Waals surface area contributed by atoms with Crippen molar-refractivity contribution in [3.05, 3.63) is 30.1 Å². The fourth-order valence-electron chi connectivity index (χ4n) is 2.37. The Balaban J connectivity index is 1.77. The van der Waals surface area contributed by atoms with Crippen LogP contribution in [0.5, 0.6) is 0 Å². The summed E-state index contributed by atoms with van der Waals surface area (Å²) in [6, 6.07) is 3.64. The van der Waals surface area contributed by atoms with Crippen molar-refractivity contribution >= 4 is 5.90 Å². The quantitative estimate of drug-likeness (QED) is 0.486. The molecule has 1 aromatic heterocycles. The normalized spacial score (nSPS) is 18.3. The summed E-state index contributed by atoms with van der Waals surface area (Å²) < 4.78 is 5.16.